The number of rotatable bonds is 7. The molecule has 2 rings (SSSR count). The molecule has 0 spiro atoms. The molecule has 1 amide bonds. The molecule has 1 aromatic rings. The van der Waals surface area contributed by atoms with Crippen molar-refractivity contribution in [2.24, 2.45) is 5.92 Å². The number of carbonyl (C=O) groups excluding carboxylic acids is 2. The van der Waals surface area contributed by atoms with Gasteiger partial charge in [0.05, 0.1) is 13.0 Å². The summed E-state index contributed by atoms with van der Waals surface area (Å²) in [5, 5.41) is 2.96. The van der Waals surface area contributed by atoms with Crippen LogP contribution >= 0.6 is 0 Å². The van der Waals surface area contributed by atoms with E-state index in [1.165, 1.54) is 6.42 Å². The van der Waals surface area contributed by atoms with Crippen molar-refractivity contribution < 1.29 is 19.1 Å². The van der Waals surface area contributed by atoms with Crippen molar-refractivity contribution in [3.05, 3.63) is 29.8 Å². The molecule has 1 N–H and O–H groups in total. The molecule has 0 saturated heterocycles. The van der Waals surface area contributed by atoms with Gasteiger partial charge in [-0.15, -0.1) is 0 Å². The number of carbonyl (C=O) groups is 2. The Morgan fingerprint density at radius 3 is 2.58 bits per heavy atom. The molecular formula is C19H27NO4. The summed E-state index contributed by atoms with van der Waals surface area (Å²) in [7, 11) is 0. The summed E-state index contributed by atoms with van der Waals surface area (Å²) in [4.78, 5) is 23.5. The lowest BCUT2D eigenvalue weighted by Crippen LogP contribution is -2.42. The number of amides is 1. The number of nitrogens with one attached hydrogen (secondary N) is 1. The van der Waals surface area contributed by atoms with Crippen molar-refractivity contribution in [1.82, 2.24) is 5.32 Å². The van der Waals surface area contributed by atoms with Crippen LogP contribution in [0.2, 0.25) is 0 Å². The van der Waals surface area contributed by atoms with Crippen LogP contribution < -0.4 is 10.1 Å². The molecule has 1 aromatic carbocycles. The van der Waals surface area contributed by atoms with Gasteiger partial charge in [-0.25, -0.2) is 0 Å². The second kappa shape index (κ2) is 9.30. The summed E-state index contributed by atoms with van der Waals surface area (Å²) in [6, 6.07) is 7.82. The van der Waals surface area contributed by atoms with Gasteiger partial charge in [0.2, 0.25) is 0 Å². The zero-order valence-electron chi connectivity index (χ0n) is 14.5. The Labute approximate surface area is 143 Å². The predicted octanol–water partition coefficient (Wildman–Crippen LogP) is 3.00. The van der Waals surface area contributed by atoms with Crippen molar-refractivity contribution in [2.45, 2.75) is 52.0 Å². The van der Waals surface area contributed by atoms with Gasteiger partial charge in [-0.2, -0.15) is 0 Å². The maximum absolute atomic E-state index is 11.9. The van der Waals surface area contributed by atoms with Gasteiger partial charge in [0.1, 0.15) is 5.75 Å². The first-order valence-corrected chi connectivity index (χ1v) is 8.69. The summed E-state index contributed by atoms with van der Waals surface area (Å²) in [5.74, 6) is 0.564. The van der Waals surface area contributed by atoms with Crippen LogP contribution in [-0.2, 0) is 14.3 Å². The van der Waals surface area contributed by atoms with E-state index in [2.05, 4.69) is 12.2 Å². The van der Waals surface area contributed by atoms with Crippen LogP contribution in [0.5, 0.6) is 5.75 Å². The number of hydrogen-bond donors (Lipinski definition) is 1. The molecule has 24 heavy (non-hydrogen) atoms. The number of benzene rings is 1. The molecule has 2 unspecified atom stereocenters. The second-order valence-electron chi connectivity index (χ2n) is 6.51. The first kappa shape index (κ1) is 18.3. The quantitative estimate of drug-likeness (QED) is 0.779. The van der Waals surface area contributed by atoms with Gasteiger partial charge in [0.25, 0.3) is 5.91 Å². The minimum Gasteiger partial charge on any atom is -0.493 e. The van der Waals surface area contributed by atoms with Gasteiger partial charge < -0.3 is 14.8 Å². The molecule has 5 heteroatoms. The van der Waals surface area contributed by atoms with Gasteiger partial charge in [-0.3, -0.25) is 9.59 Å². The lowest BCUT2D eigenvalue weighted by atomic mass is 9.86. The summed E-state index contributed by atoms with van der Waals surface area (Å²) in [6.07, 6.45) is 4.64. The fourth-order valence-electron chi connectivity index (χ4n) is 2.88. The maximum Gasteiger partial charge on any atom is 0.309 e. The average Bonchev–Trinajstić information content (AvgIpc) is 2.57. The molecule has 0 radical (unpaired) electrons. The lowest BCUT2D eigenvalue weighted by Gasteiger charge is -2.29. The maximum atomic E-state index is 11.9. The van der Waals surface area contributed by atoms with Crippen molar-refractivity contribution in [3.8, 4) is 5.75 Å². The predicted molar refractivity (Wildman–Crippen MR) is 91.8 cm³/mol. The van der Waals surface area contributed by atoms with E-state index in [-0.39, 0.29) is 31.6 Å². The number of hydrogen-bond acceptors (Lipinski definition) is 4. The highest BCUT2D eigenvalue weighted by molar-refractivity contribution is 5.80. The molecule has 1 aliphatic carbocycles. The molecule has 1 aliphatic rings. The zero-order chi connectivity index (χ0) is 17.4. The van der Waals surface area contributed by atoms with E-state index in [0.717, 1.165) is 30.6 Å². The van der Waals surface area contributed by atoms with Crippen molar-refractivity contribution >= 4 is 11.9 Å². The minimum atomic E-state index is -0.422. The Kier molecular flexibility index (Phi) is 7.09. The van der Waals surface area contributed by atoms with Gasteiger partial charge in [-0.1, -0.05) is 37.5 Å². The first-order chi connectivity index (χ1) is 11.5. The Bertz CT molecular complexity index is 541. The molecule has 2 atom stereocenters. The van der Waals surface area contributed by atoms with Crippen LogP contribution in [0.1, 0.15) is 44.6 Å². The standard InChI is InChI=1S/C19H27NO4/c1-14-7-9-16(10-8-14)23-12-11-19(22)24-13-18(21)20-17-6-4-3-5-15(17)2/h7-10,15,17H,3-6,11-13H2,1-2H3,(H,20,21). The van der Waals surface area contributed by atoms with Crippen LogP contribution in [0, 0.1) is 12.8 Å². The molecule has 0 heterocycles. The van der Waals surface area contributed by atoms with Crippen LogP contribution in [0.15, 0.2) is 24.3 Å². The first-order valence-electron chi connectivity index (χ1n) is 8.69. The molecule has 1 saturated carbocycles. The van der Waals surface area contributed by atoms with E-state index in [1.807, 2.05) is 31.2 Å². The SMILES string of the molecule is Cc1ccc(OCCC(=O)OCC(=O)NC2CCCCC2C)cc1. The third kappa shape index (κ3) is 6.22. The Hall–Kier alpha value is -2.04. The Morgan fingerprint density at radius 1 is 1.17 bits per heavy atom. The molecular weight excluding hydrogens is 306 g/mol. The van der Waals surface area contributed by atoms with Gasteiger partial charge in [-0.05, 0) is 37.8 Å². The number of ether oxygens (including phenoxy) is 2. The third-order valence-corrected chi connectivity index (χ3v) is 4.42. The van der Waals surface area contributed by atoms with E-state index in [1.54, 1.807) is 0 Å². The van der Waals surface area contributed by atoms with E-state index < -0.39 is 5.97 Å². The Balaban J connectivity index is 1.60. The monoisotopic (exact) mass is 333 g/mol. The third-order valence-electron chi connectivity index (χ3n) is 4.42. The van der Waals surface area contributed by atoms with Crippen LogP contribution in [0.3, 0.4) is 0 Å². The highest BCUT2D eigenvalue weighted by atomic mass is 16.5. The van der Waals surface area contributed by atoms with Crippen molar-refractivity contribution in [3.63, 3.8) is 0 Å². The number of aryl methyl sites for hydroxylation is 1. The van der Waals surface area contributed by atoms with E-state index >= 15 is 0 Å². The highest BCUT2D eigenvalue weighted by Crippen LogP contribution is 2.23. The summed E-state index contributed by atoms with van der Waals surface area (Å²) in [6.45, 7) is 4.18. The lowest BCUT2D eigenvalue weighted by molar-refractivity contribution is -0.149. The molecule has 0 aliphatic heterocycles. The molecule has 5 nitrogen and oxygen atoms in total. The van der Waals surface area contributed by atoms with Gasteiger partial charge in [0, 0.05) is 6.04 Å². The van der Waals surface area contributed by atoms with Gasteiger partial charge >= 0.3 is 5.97 Å². The average molecular weight is 333 g/mol. The van der Waals surface area contributed by atoms with E-state index in [0.29, 0.717) is 5.92 Å². The van der Waals surface area contributed by atoms with Crippen molar-refractivity contribution in [1.29, 1.82) is 0 Å². The van der Waals surface area contributed by atoms with Crippen LogP contribution in [0.25, 0.3) is 0 Å². The molecule has 1 fully saturated rings. The van der Waals surface area contributed by atoms with E-state index in [9.17, 15) is 9.59 Å². The second-order valence-corrected chi connectivity index (χ2v) is 6.51. The Morgan fingerprint density at radius 2 is 1.88 bits per heavy atom. The topological polar surface area (TPSA) is 64.6 Å². The summed E-state index contributed by atoms with van der Waals surface area (Å²) in [5.41, 5.74) is 1.15. The van der Waals surface area contributed by atoms with Crippen LogP contribution in [-0.4, -0.2) is 31.1 Å². The normalized spacial score (nSPS) is 20.2. The fourth-order valence-corrected chi connectivity index (χ4v) is 2.88. The van der Waals surface area contributed by atoms with Crippen LogP contribution in [0.4, 0.5) is 0 Å². The number of esters is 1. The summed E-state index contributed by atoms with van der Waals surface area (Å²) < 4.78 is 10.5. The molecule has 0 bridgehead atoms. The largest absolute Gasteiger partial charge is 0.493 e. The molecule has 132 valence electrons. The smallest absolute Gasteiger partial charge is 0.309 e. The highest BCUT2D eigenvalue weighted by Gasteiger charge is 2.23. The van der Waals surface area contributed by atoms with Gasteiger partial charge in [0.15, 0.2) is 6.61 Å². The summed E-state index contributed by atoms with van der Waals surface area (Å²) >= 11 is 0. The van der Waals surface area contributed by atoms with E-state index in [4.69, 9.17) is 9.47 Å². The van der Waals surface area contributed by atoms with Crippen molar-refractivity contribution in [2.75, 3.05) is 13.2 Å². The minimum absolute atomic E-state index is 0.126. The zero-order valence-corrected chi connectivity index (χ0v) is 14.5. The molecule has 0 aromatic heterocycles. The fraction of sp³-hybridized carbons (Fsp3) is 0.579.